The van der Waals surface area contributed by atoms with E-state index in [0.717, 1.165) is 12.8 Å². The Morgan fingerprint density at radius 3 is 2.16 bits per heavy atom. The number of para-hydroxylation sites is 3. The zero-order valence-electron chi connectivity index (χ0n) is 35.1. The number of benzene rings is 6. The Morgan fingerprint density at radius 1 is 0.586 bits per heavy atom. The van der Waals surface area contributed by atoms with Crippen molar-refractivity contribution in [1.82, 2.24) is 4.57 Å². The van der Waals surface area contributed by atoms with E-state index in [2.05, 4.69) is 178 Å². The molecule has 4 heteroatoms. The molecule has 2 aliphatic carbocycles. The van der Waals surface area contributed by atoms with Gasteiger partial charge in [0.15, 0.2) is 0 Å². The third-order valence-corrected chi connectivity index (χ3v) is 17.3. The quantitative estimate of drug-likeness (QED) is 0.155. The SMILES string of the molecule is CC(C)(C)c1cc2c3c(c1)C1(C)CCc4ccccc4C1(C)N3c1cc(N3c4ccccc4C4(C)CCCCC34C)cc3c1B2c1cccc2c4ccccc4n-3c12. The van der Waals surface area contributed by atoms with Crippen LogP contribution in [0.25, 0.3) is 27.5 Å². The Labute approximate surface area is 343 Å². The molecular formula is C54H52BN3. The highest BCUT2D eigenvalue weighted by Crippen LogP contribution is 2.66. The molecule has 6 aliphatic rings. The number of aryl methyl sites for hydroxylation is 1. The first kappa shape index (κ1) is 33.7. The zero-order chi connectivity index (χ0) is 39.3. The summed E-state index contributed by atoms with van der Waals surface area (Å²) >= 11 is 0. The van der Waals surface area contributed by atoms with E-state index in [1.54, 1.807) is 5.56 Å². The minimum atomic E-state index is -0.288. The fraction of sp³-hybridized carbons (Fsp3) is 0.333. The van der Waals surface area contributed by atoms with E-state index in [1.807, 2.05) is 0 Å². The van der Waals surface area contributed by atoms with Crippen molar-refractivity contribution in [3.8, 4) is 5.69 Å². The zero-order valence-corrected chi connectivity index (χ0v) is 35.1. The van der Waals surface area contributed by atoms with Crippen molar-refractivity contribution in [1.29, 1.82) is 0 Å². The summed E-state index contributed by atoms with van der Waals surface area (Å²) in [5.41, 5.74) is 21.1. The molecule has 4 atom stereocenters. The van der Waals surface area contributed by atoms with Crippen molar-refractivity contribution in [2.75, 3.05) is 9.80 Å². The summed E-state index contributed by atoms with van der Waals surface area (Å²) in [6.45, 7) is 17.7. The number of rotatable bonds is 1. The number of anilines is 4. The summed E-state index contributed by atoms with van der Waals surface area (Å²) in [4.78, 5) is 5.73. The predicted octanol–water partition coefficient (Wildman–Crippen LogP) is 11.2. The summed E-state index contributed by atoms with van der Waals surface area (Å²) in [5.74, 6) is 0. The molecule has 1 aromatic heterocycles. The van der Waals surface area contributed by atoms with E-state index >= 15 is 0 Å². The summed E-state index contributed by atoms with van der Waals surface area (Å²) in [5, 5.41) is 2.70. The van der Waals surface area contributed by atoms with Crippen LogP contribution in [-0.2, 0) is 28.2 Å². The summed E-state index contributed by atoms with van der Waals surface area (Å²) in [6, 6.07) is 45.8. The Hall–Kier alpha value is -5.22. The average molecular weight is 754 g/mol. The van der Waals surface area contributed by atoms with Crippen LogP contribution in [0, 0.1) is 0 Å². The van der Waals surface area contributed by atoms with Crippen LogP contribution < -0.4 is 26.2 Å². The molecule has 1 fully saturated rings. The highest BCUT2D eigenvalue weighted by molar-refractivity contribution is 7.00. The minimum Gasteiger partial charge on any atom is -0.334 e. The first-order valence-corrected chi connectivity index (χ1v) is 22.1. The Kier molecular flexibility index (Phi) is 6.11. The highest BCUT2D eigenvalue weighted by Gasteiger charge is 2.64. The van der Waals surface area contributed by atoms with Gasteiger partial charge in [-0.05, 0) is 113 Å². The lowest BCUT2D eigenvalue weighted by atomic mass is 9.33. The lowest BCUT2D eigenvalue weighted by Crippen LogP contribution is -2.63. The smallest absolute Gasteiger partial charge is 0.252 e. The van der Waals surface area contributed by atoms with Gasteiger partial charge in [0, 0.05) is 55.6 Å². The first-order valence-electron chi connectivity index (χ1n) is 22.1. The van der Waals surface area contributed by atoms with Crippen molar-refractivity contribution < 1.29 is 0 Å². The van der Waals surface area contributed by atoms with Crippen molar-refractivity contribution >= 4 is 67.7 Å². The number of aromatic nitrogens is 1. The van der Waals surface area contributed by atoms with Gasteiger partial charge in [0.1, 0.15) is 0 Å². The van der Waals surface area contributed by atoms with Gasteiger partial charge in [-0.1, -0.05) is 138 Å². The highest BCUT2D eigenvalue weighted by atomic mass is 15.3. The largest absolute Gasteiger partial charge is 0.334 e. The third kappa shape index (κ3) is 3.61. The minimum absolute atomic E-state index is 0.00601. The molecule has 6 aromatic carbocycles. The molecule has 7 aromatic rings. The number of fused-ring (bicyclic) bond motifs is 15. The van der Waals surface area contributed by atoms with Gasteiger partial charge in [0.05, 0.1) is 16.6 Å². The molecule has 5 heterocycles. The van der Waals surface area contributed by atoms with Crippen LogP contribution in [0.2, 0.25) is 0 Å². The molecule has 0 amide bonds. The van der Waals surface area contributed by atoms with Crippen LogP contribution in [0.3, 0.4) is 0 Å². The molecule has 4 unspecified atom stereocenters. The number of hydrogen-bond acceptors (Lipinski definition) is 2. The summed E-state index contributed by atoms with van der Waals surface area (Å²) in [7, 11) is 0. The van der Waals surface area contributed by atoms with Gasteiger partial charge < -0.3 is 14.4 Å². The molecule has 4 aliphatic heterocycles. The first-order chi connectivity index (χ1) is 27.9. The Morgan fingerprint density at radius 2 is 1.31 bits per heavy atom. The average Bonchev–Trinajstić information content (AvgIpc) is 3.75. The van der Waals surface area contributed by atoms with Gasteiger partial charge in [0.25, 0.3) is 6.71 Å². The van der Waals surface area contributed by atoms with E-state index in [4.69, 9.17) is 0 Å². The van der Waals surface area contributed by atoms with Crippen LogP contribution in [0.15, 0.2) is 115 Å². The fourth-order valence-corrected chi connectivity index (χ4v) is 14.0. The number of nitrogens with zero attached hydrogens (tertiary/aromatic N) is 3. The molecule has 1 saturated carbocycles. The van der Waals surface area contributed by atoms with E-state index in [1.165, 1.54) is 115 Å². The van der Waals surface area contributed by atoms with Gasteiger partial charge in [-0.25, -0.2) is 0 Å². The van der Waals surface area contributed by atoms with Crippen molar-refractivity contribution in [3.63, 3.8) is 0 Å². The molecule has 13 rings (SSSR count). The van der Waals surface area contributed by atoms with E-state index in [-0.39, 0.29) is 34.0 Å². The molecule has 0 radical (unpaired) electrons. The van der Waals surface area contributed by atoms with Crippen LogP contribution >= 0.6 is 0 Å². The fourth-order valence-electron chi connectivity index (χ4n) is 14.0. The summed E-state index contributed by atoms with van der Waals surface area (Å²) < 4.78 is 2.68. The van der Waals surface area contributed by atoms with Crippen LogP contribution in [0.4, 0.5) is 22.7 Å². The number of hydrogen-bond donors (Lipinski definition) is 0. The second-order valence-corrected chi connectivity index (χ2v) is 20.7. The van der Waals surface area contributed by atoms with Gasteiger partial charge in [0.2, 0.25) is 0 Å². The van der Waals surface area contributed by atoms with Crippen LogP contribution in [0.1, 0.15) is 108 Å². The topological polar surface area (TPSA) is 11.4 Å². The maximum Gasteiger partial charge on any atom is 0.252 e. The van der Waals surface area contributed by atoms with Gasteiger partial charge >= 0.3 is 0 Å². The third-order valence-electron chi connectivity index (χ3n) is 17.3. The maximum atomic E-state index is 2.90. The van der Waals surface area contributed by atoms with Crippen molar-refractivity contribution in [3.05, 3.63) is 143 Å². The molecule has 3 nitrogen and oxygen atoms in total. The molecule has 0 bridgehead atoms. The Bertz CT molecular complexity index is 3000. The lowest BCUT2D eigenvalue weighted by Gasteiger charge is -2.53. The van der Waals surface area contributed by atoms with Crippen molar-refractivity contribution in [2.45, 2.75) is 114 Å². The predicted molar refractivity (Wildman–Crippen MR) is 245 cm³/mol. The summed E-state index contributed by atoms with van der Waals surface area (Å²) in [6.07, 6.45) is 7.18. The molecule has 58 heavy (non-hydrogen) atoms. The van der Waals surface area contributed by atoms with Crippen LogP contribution in [-0.4, -0.2) is 16.8 Å². The maximum absolute atomic E-state index is 2.90. The van der Waals surface area contributed by atoms with Gasteiger partial charge in [-0.15, -0.1) is 0 Å². The normalized spacial score (nSPS) is 27.0. The molecule has 0 spiro atoms. The molecule has 0 saturated heterocycles. The molecule has 0 N–H and O–H groups in total. The Balaban J connectivity index is 1.22. The second kappa shape index (κ2) is 10.5. The van der Waals surface area contributed by atoms with E-state index in [9.17, 15) is 0 Å². The monoisotopic (exact) mass is 753 g/mol. The van der Waals surface area contributed by atoms with Gasteiger partial charge in [-0.2, -0.15) is 0 Å². The standard InChI is InChI=1S/C54H52BN3/c1-50(2,3)34-29-40-49-42(30-34)55-41-22-16-19-37-36-18-9-12-23-43(36)56(48(37)41)45-31-35(57-44-24-13-11-21-39(44)51(4)26-14-15-27-53(51,57)6)32-46(47(45)55)58(49)54(7)38-20-10-8-17-33(38)25-28-52(40,54)5/h8-13,16-24,29-32H,14-15,25-28H2,1-7H3. The van der Waals surface area contributed by atoms with Crippen LogP contribution in [0.5, 0.6) is 0 Å². The van der Waals surface area contributed by atoms with Gasteiger partial charge in [-0.3, -0.25) is 0 Å². The molecule has 286 valence electrons. The lowest BCUT2D eigenvalue weighted by molar-refractivity contribution is 0.195. The second-order valence-electron chi connectivity index (χ2n) is 20.7. The molecular weight excluding hydrogens is 701 g/mol. The van der Waals surface area contributed by atoms with Crippen molar-refractivity contribution in [2.24, 2.45) is 0 Å². The van der Waals surface area contributed by atoms with E-state index in [0.29, 0.717) is 0 Å². The van der Waals surface area contributed by atoms with E-state index < -0.39 is 0 Å².